The van der Waals surface area contributed by atoms with Gasteiger partial charge in [-0.15, -0.1) is 5.10 Å². The highest BCUT2D eigenvalue weighted by atomic mass is 15.3. The lowest BCUT2D eigenvalue weighted by atomic mass is 10.1. The summed E-state index contributed by atoms with van der Waals surface area (Å²) in [5.74, 6) is 0.549. The summed E-state index contributed by atoms with van der Waals surface area (Å²) in [6, 6.07) is 4.15. The third kappa shape index (κ3) is 2.71. The Morgan fingerprint density at radius 1 is 1.37 bits per heavy atom. The van der Waals surface area contributed by atoms with Gasteiger partial charge in [-0.05, 0) is 25.5 Å². The molecular weight excluding hydrogens is 240 g/mol. The number of anilines is 1. The largest absolute Gasteiger partial charge is 0.367 e. The van der Waals surface area contributed by atoms with Crippen LogP contribution in [0.2, 0.25) is 0 Å². The first-order valence-corrected chi connectivity index (χ1v) is 6.08. The predicted molar refractivity (Wildman–Crippen MR) is 71.6 cm³/mol. The highest BCUT2D eigenvalue weighted by Gasteiger charge is 2.10. The van der Waals surface area contributed by atoms with Gasteiger partial charge in [0, 0.05) is 31.9 Å². The number of aromatic nitrogens is 4. The Morgan fingerprint density at radius 3 is 2.79 bits per heavy atom. The molecule has 0 spiro atoms. The van der Waals surface area contributed by atoms with E-state index in [-0.39, 0.29) is 0 Å². The number of hydrogen-bond acceptors (Lipinski definition) is 5. The first kappa shape index (κ1) is 13.0. The van der Waals surface area contributed by atoms with Gasteiger partial charge in [0.15, 0.2) is 5.82 Å². The summed E-state index contributed by atoms with van der Waals surface area (Å²) >= 11 is 0. The fourth-order valence-electron chi connectivity index (χ4n) is 1.82. The van der Waals surface area contributed by atoms with Crippen molar-refractivity contribution in [2.75, 3.05) is 11.9 Å². The SMILES string of the molecule is Cc1nnc(NCCc2ccnn2C)c(C#N)c1C. The van der Waals surface area contributed by atoms with Gasteiger partial charge in [-0.3, -0.25) is 4.68 Å². The average molecular weight is 256 g/mol. The standard InChI is InChI=1S/C13H16N6/c1-9-10(2)17-18-13(12(9)8-14)15-6-4-11-5-7-16-19(11)3/h5,7H,4,6H2,1-3H3,(H,15,18). The Balaban J connectivity index is 2.07. The van der Waals surface area contributed by atoms with Crippen LogP contribution in [0, 0.1) is 25.2 Å². The molecule has 19 heavy (non-hydrogen) atoms. The fraction of sp³-hybridized carbons (Fsp3) is 0.385. The van der Waals surface area contributed by atoms with Crippen molar-refractivity contribution in [3.8, 4) is 6.07 Å². The van der Waals surface area contributed by atoms with Gasteiger partial charge in [-0.1, -0.05) is 0 Å². The Hall–Kier alpha value is -2.42. The zero-order valence-electron chi connectivity index (χ0n) is 11.3. The second kappa shape index (κ2) is 5.48. The van der Waals surface area contributed by atoms with Gasteiger partial charge in [0.05, 0.1) is 5.69 Å². The lowest BCUT2D eigenvalue weighted by molar-refractivity contribution is 0.710. The van der Waals surface area contributed by atoms with Gasteiger partial charge in [-0.2, -0.15) is 15.5 Å². The monoisotopic (exact) mass is 256 g/mol. The second-order valence-corrected chi connectivity index (χ2v) is 4.37. The van der Waals surface area contributed by atoms with E-state index < -0.39 is 0 Å². The van der Waals surface area contributed by atoms with E-state index >= 15 is 0 Å². The van der Waals surface area contributed by atoms with E-state index in [1.54, 1.807) is 6.20 Å². The third-order valence-electron chi connectivity index (χ3n) is 3.16. The molecule has 0 aliphatic carbocycles. The molecule has 0 saturated heterocycles. The van der Waals surface area contributed by atoms with E-state index in [0.29, 0.717) is 17.9 Å². The molecule has 0 aromatic carbocycles. The van der Waals surface area contributed by atoms with E-state index in [9.17, 15) is 5.26 Å². The molecule has 0 amide bonds. The molecular formula is C13H16N6. The Bertz CT molecular complexity index is 623. The van der Waals surface area contributed by atoms with Crippen molar-refractivity contribution < 1.29 is 0 Å². The molecule has 0 radical (unpaired) electrons. The number of nitriles is 1. The van der Waals surface area contributed by atoms with Gasteiger partial charge in [0.1, 0.15) is 11.6 Å². The summed E-state index contributed by atoms with van der Waals surface area (Å²) in [6.45, 7) is 4.42. The van der Waals surface area contributed by atoms with Crippen LogP contribution in [0.25, 0.3) is 0 Å². The van der Waals surface area contributed by atoms with Crippen molar-refractivity contribution >= 4 is 5.82 Å². The van der Waals surface area contributed by atoms with Crippen LogP contribution in [-0.2, 0) is 13.5 Å². The van der Waals surface area contributed by atoms with Gasteiger partial charge in [-0.25, -0.2) is 0 Å². The molecule has 0 aliphatic rings. The minimum atomic E-state index is 0.549. The van der Waals surface area contributed by atoms with Crippen LogP contribution >= 0.6 is 0 Å². The van der Waals surface area contributed by atoms with Crippen LogP contribution in [0.4, 0.5) is 5.82 Å². The molecule has 1 N–H and O–H groups in total. The highest BCUT2D eigenvalue weighted by Crippen LogP contribution is 2.16. The number of aryl methyl sites for hydroxylation is 2. The maximum atomic E-state index is 9.18. The topological polar surface area (TPSA) is 79.4 Å². The predicted octanol–water partition coefficient (Wildman–Crippen LogP) is 1.35. The molecule has 0 fully saturated rings. The third-order valence-corrected chi connectivity index (χ3v) is 3.16. The maximum Gasteiger partial charge on any atom is 0.166 e. The molecule has 6 heteroatoms. The van der Waals surface area contributed by atoms with E-state index in [2.05, 4.69) is 26.7 Å². The molecule has 2 rings (SSSR count). The van der Waals surface area contributed by atoms with Gasteiger partial charge < -0.3 is 5.32 Å². The average Bonchev–Trinajstić information content (AvgIpc) is 2.80. The van der Waals surface area contributed by atoms with Gasteiger partial charge in [0.2, 0.25) is 0 Å². The van der Waals surface area contributed by atoms with E-state index in [1.807, 2.05) is 31.6 Å². The number of nitrogens with zero attached hydrogens (tertiary/aromatic N) is 5. The molecule has 2 aromatic heterocycles. The second-order valence-electron chi connectivity index (χ2n) is 4.37. The van der Waals surface area contributed by atoms with Gasteiger partial charge in [0.25, 0.3) is 0 Å². The summed E-state index contributed by atoms with van der Waals surface area (Å²) in [5.41, 5.74) is 3.36. The van der Waals surface area contributed by atoms with Crippen molar-refractivity contribution in [1.29, 1.82) is 5.26 Å². The van der Waals surface area contributed by atoms with Crippen LogP contribution in [0.1, 0.15) is 22.5 Å². The van der Waals surface area contributed by atoms with Crippen molar-refractivity contribution in [2.24, 2.45) is 7.05 Å². The van der Waals surface area contributed by atoms with Crippen LogP contribution in [-0.4, -0.2) is 26.5 Å². The molecule has 0 unspecified atom stereocenters. The lowest BCUT2D eigenvalue weighted by Gasteiger charge is -2.09. The summed E-state index contributed by atoms with van der Waals surface area (Å²) in [5, 5.41) is 24.5. The van der Waals surface area contributed by atoms with Crippen LogP contribution in [0.5, 0.6) is 0 Å². The summed E-state index contributed by atoms with van der Waals surface area (Å²) in [7, 11) is 1.91. The smallest absolute Gasteiger partial charge is 0.166 e. The zero-order valence-corrected chi connectivity index (χ0v) is 11.3. The first-order valence-electron chi connectivity index (χ1n) is 6.08. The minimum Gasteiger partial charge on any atom is -0.367 e. The normalized spacial score (nSPS) is 10.2. The Kier molecular flexibility index (Phi) is 3.76. The summed E-state index contributed by atoms with van der Waals surface area (Å²) in [4.78, 5) is 0. The van der Waals surface area contributed by atoms with Crippen molar-refractivity contribution in [1.82, 2.24) is 20.0 Å². The zero-order chi connectivity index (χ0) is 13.8. The molecule has 0 aliphatic heterocycles. The molecule has 0 atom stereocenters. The fourth-order valence-corrected chi connectivity index (χ4v) is 1.82. The number of nitrogens with one attached hydrogen (secondary N) is 1. The molecule has 98 valence electrons. The Morgan fingerprint density at radius 2 is 2.16 bits per heavy atom. The van der Waals surface area contributed by atoms with Crippen LogP contribution in [0.15, 0.2) is 12.3 Å². The van der Waals surface area contributed by atoms with Crippen LogP contribution < -0.4 is 5.32 Å². The molecule has 0 saturated carbocycles. The lowest BCUT2D eigenvalue weighted by Crippen LogP contribution is -2.12. The first-order chi connectivity index (χ1) is 9.13. The van der Waals surface area contributed by atoms with Crippen LogP contribution in [0.3, 0.4) is 0 Å². The highest BCUT2D eigenvalue weighted by molar-refractivity contribution is 5.55. The molecule has 2 heterocycles. The van der Waals surface area contributed by atoms with E-state index in [4.69, 9.17) is 0 Å². The quantitative estimate of drug-likeness (QED) is 0.893. The number of hydrogen-bond donors (Lipinski definition) is 1. The number of rotatable bonds is 4. The minimum absolute atomic E-state index is 0.549. The van der Waals surface area contributed by atoms with Crippen molar-refractivity contribution in [3.05, 3.63) is 34.8 Å². The molecule has 0 bridgehead atoms. The van der Waals surface area contributed by atoms with Crippen molar-refractivity contribution in [2.45, 2.75) is 20.3 Å². The van der Waals surface area contributed by atoms with Gasteiger partial charge >= 0.3 is 0 Å². The summed E-state index contributed by atoms with van der Waals surface area (Å²) < 4.78 is 1.83. The van der Waals surface area contributed by atoms with E-state index in [0.717, 1.165) is 23.4 Å². The molecule has 6 nitrogen and oxygen atoms in total. The maximum absolute atomic E-state index is 9.18. The Labute approximate surface area is 112 Å². The molecule has 2 aromatic rings. The summed E-state index contributed by atoms with van der Waals surface area (Å²) in [6.07, 6.45) is 2.59. The van der Waals surface area contributed by atoms with E-state index in [1.165, 1.54) is 0 Å². The van der Waals surface area contributed by atoms with Crippen molar-refractivity contribution in [3.63, 3.8) is 0 Å².